The summed E-state index contributed by atoms with van der Waals surface area (Å²) in [5.41, 5.74) is -4.26. The van der Waals surface area contributed by atoms with Crippen LogP contribution in [0.15, 0.2) is 30.3 Å². The van der Waals surface area contributed by atoms with E-state index in [0.717, 1.165) is 0 Å². The maximum atomic E-state index is 13.0. The molecule has 4 saturated carbocycles. The first-order valence-corrected chi connectivity index (χ1v) is 20.3. The maximum absolute atomic E-state index is 13.0. The Bertz CT molecular complexity index is 1530. The Balaban J connectivity index is 1.01. The van der Waals surface area contributed by atoms with E-state index in [1.165, 1.54) is 7.11 Å². The van der Waals surface area contributed by atoms with Crippen LogP contribution in [-0.2, 0) is 28.4 Å². The number of benzene rings is 1. The number of rotatable bonds is 9. The number of hydrogen-bond donors (Lipinski definition) is 8. The summed E-state index contributed by atoms with van der Waals surface area (Å²) in [6.07, 6.45) is -10.6. The van der Waals surface area contributed by atoms with Crippen LogP contribution in [0.1, 0.15) is 89.4 Å². The van der Waals surface area contributed by atoms with Gasteiger partial charge in [0, 0.05) is 18.4 Å². The molecular formula is C41H62O15. The van der Waals surface area contributed by atoms with Gasteiger partial charge in [0.05, 0.1) is 36.1 Å². The molecule has 0 bridgehead atoms. The van der Waals surface area contributed by atoms with E-state index in [9.17, 15) is 45.6 Å². The molecule has 20 atom stereocenters. The van der Waals surface area contributed by atoms with Gasteiger partial charge in [0.1, 0.15) is 54.4 Å². The molecule has 316 valence electrons. The van der Waals surface area contributed by atoms with E-state index in [0.29, 0.717) is 44.1 Å². The second kappa shape index (κ2) is 15.6. The first-order valence-electron chi connectivity index (χ1n) is 20.3. The van der Waals surface area contributed by atoms with Crippen molar-refractivity contribution in [1.82, 2.24) is 0 Å². The summed E-state index contributed by atoms with van der Waals surface area (Å²) < 4.78 is 35.7. The van der Waals surface area contributed by atoms with Crippen LogP contribution in [0.4, 0.5) is 0 Å². The minimum absolute atomic E-state index is 0.109. The number of aliphatic hydroxyl groups is 8. The summed E-state index contributed by atoms with van der Waals surface area (Å²) in [6.45, 7) is 6.98. The number of carbonyl (C=O) groups is 1. The fourth-order valence-electron chi connectivity index (χ4n) is 12.2. The lowest BCUT2D eigenvalue weighted by Gasteiger charge is -2.67. The Morgan fingerprint density at radius 1 is 0.857 bits per heavy atom. The number of hydrogen-bond acceptors (Lipinski definition) is 15. The molecule has 1 aromatic rings. The van der Waals surface area contributed by atoms with E-state index in [2.05, 4.69) is 6.92 Å². The standard InChI is InChI=1S/C41H62O15/c1-20(52-35(48)22-9-7-6-8-10-22)25-18-28(43)41(50)39(25,4)15-13-27-38(3)14-12-24(17-23(38)11-16-40(27,41)49)54-37-32(47)34(51-5)33(21(2)53-37)56-36-31(46)30(45)29(44)26(19-42)55-36/h6-10,20-21,23-34,36-37,42-47,49-50H,11-19H2,1-5H3/t20-,21+,23-,24-,25+,26+,27+,28+,29+,30-,31+,32+,33-,34+,36-,37-,38-,39+,40-,41+/m0/s1. The molecule has 0 unspecified atom stereocenters. The molecule has 2 heterocycles. The van der Waals surface area contributed by atoms with Gasteiger partial charge in [0.25, 0.3) is 0 Å². The van der Waals surface area contributed by atoms with E-state index >= 15 is 0 Å². The molecule has 15 heteroatoms. The van der Waals surface area contributed by atoms with Crippen LogP contribution in [0.25, 0.3) is 0 Å². The number of ether oxygens (including phenoxy) is 6. The van der Waals surface area contributed by atoms with Crippen LogP contribution in [0.5, 0.6) is 0 Å². The number of methoxy groups -OCH3 is 1. The van der Waals surface area contributed by atoms with Gasteiger partial charge in [-0.15, -0.1) is 0 Å². The highest BCUT2D eigenvalue weighted by molar-refractivity contribution is 5.89. The molecular weight excluding hydrogens is 732 g/mol. The van der Waals surface area contributed by atoms with Crippen molar-refractivity contribution in [2.24, 2.45) is 28.6 Å². The molecule has 7 rings (SSSR count). The second-order valence-electron chi connectivity index (χ2n) is 18.0. The maximum Gasteiger partial charge on any atom is 0.338 e. The Labute approximate surface area is 327 Å². The minimum Gasteiger partial charge on any atom is -0.459 e. The molecule has 4 aliphatic carbocycles. The quantitative estimate of drug-likeness (QED) is 0.128. The zero-order valence-corrected chi connectivity index (χ0v) is 32.9. The Morgan fingerprint density at radius 3 is 2.23 bits per heavy atom. The topological polar surface area (TPSA) is 234 Å². The largest absolute Gasteiger partial charge is 0.459 e. The van der Waals surface area contributed by atoms with Crippen LogP contribution in [-0.4, -0.2) is 151 Å². The Kier molecular flexibility index (Phi) is 11.8. The van der Waals surface area contributed by atoms with Crippen LogP contribution < -0.4 is 0 Å². The molecule has 0 amide bonds. The third kappa shape index (κ3) is 6.57. The van der Waals surface area contributed by atoms with Crippen molar-refractivity contribution in [2.45, 2.75) is 170 Å². The molecule has 0 spiro atoms. The first-order chi connectivity index (χ1) is 26.4. The van der Waals surface area contributed by atoms with Crippen molar-refractivity contribution in [3.05, 3.63) is 35.9 Å². The highest BCUT2D eigenvalue weighted by Crippen LogP contribution is 2.71. The van der Waals surface area contributed by atoms with Crippen molar-refractivity contribution in [1.29, 1.82) is 0 Å². The lowest BCUT2D eigenvalue weighted by Crippen LogP contribution is -2.76. The second-order valence-corrected chi connectivity index (χ2v) is 18.0. The van der Waals surface area contributed by atoms with Gasteiger partial charge in [0.2, 0.25) is 0 Å². The van der Waals surface area contributed by atoms with Crippen LogP contribution in [0.3, 0.4) is 0 Å². The van der Waals surface area contributed by atoms with Gasteiger partial charge in [-0.05, 0) is 94.6 Å². The Hall–Kier alpha value is -1.83. The summed E-state index contributed by atoms with van der Waals surface area (Å²) in [6, 6.07) is 8.73. The normalized spacial score (nSPS) is 51.0. The lowest BCUT2D eigenvalue weighted by atomic mass is 9.41. The van der Waals surface area contributed by atoms with Gasteiger partial charge >= 0.3 is 5.97 Å². The van der Waals surface area contributed by atoms with E-state index in [1.807, 2.05) is 13.0 Å². The summed E-state index contributed by atoms with van der Waals surface area (Å²) >= 11 is 0. The summed E-state index contributed by atoms with van der Waals surface area (Å²) in [4.78, 5) is 13.0. The smallest absolute Gasteiger partial charge is 0.338 e. The summed E-state index contributed by atoms with van der Waals surface area (Å²) in [5, 5.41) is 89.2. The predicted molar refractivity (Wildman–Crippen MR) is 195 cm³/mol. The number of carbonyl (C=O) groups excluding carboxylic acids is 1. The molecule has 56 heavy (non-hydrogen) atoms. The molecule has 1 aromatic carbocycles. The van der Waals surface area contributed by atoms with Gasteiger partial charge in [-0.25, -0.2) is 4.79 Å². The fourth-order valence-corrected chi connectivity index (χ4v) is 12.2. The zero-order valence-electron chi connectivity index (χ0n) is 32.9. The molecule has 2 saturated heterocycles. The minimum atomic E-state index is -1.82. The number of fused-ring (bicyclic) bond motifs is 5. The average molecular weight is 795 g/mol. The van der Waals surface area contributed by atoms with Crippen molar-refractivity contribution in [2.75, 3.05) is 13.7 Å². The molecule has 2 aliphatic heterocycles. The van der Waals surface area contributed by atoms with E-state index in [4.69, 9.17) is 28.4 Å². The van der Waals surface area contributed by atoms with Crippen LogP contribution >= 0.6 is 0 Å². The molecule has 0 aromatic heterocycles. The zero-order chi connectivity index (χ0) is 40.5. The third-order valence-corrected chi connectivity index (χ3v) is 15.4. The SMILES string of the molecule is CO[C@@H]1[C@@H](O)[C@H](O[C@H]2CC[C@@]3(C)[C@@H](CC[C@]4(O)[C@@H]3CC[C@]3(C)[C@@H]([C@H](C)OC(=O)c5ccccc5)C[C@@H](O)[C@@]34O)C2)O[C@H](C)[C@@H]1O[C@@H]1O[C@H](CO)[C@@H](O)[C@H](O)[C@H]1O. The number of aliphatic hydroxyl groups excluding tert-OH is 6. The molecule has 6 aliphatic rings. The average Bonchev–Trinajstić information content (AvgIpc) is 3.39. The van der Waals surface area contributed by atoms with E-state index in [1.54, 1.807) is 38.1 Å². The van der Waals surface area contributed by atoms with E-state index < -0.39 is 103 Å². The van der Waals surface area contributed by atoms with Gasteiger partial charge in [0.15, 0.2) is 12.6 Å². The van der Waals surface area contributed by atoms with E-state index in [-0.39, 0.29) is 42.1 Å². The van der Waals surface area contributed by atoms with Crippen molar-refractivity contribution < 1.29 is 74.1 Å². The van der Waals surface area contributed by atoms with Gasteiger partial charge < -0.3 is 69.3 Å². The summed E-state index contributed by atoms with van der Waals surface area (Å²) in [5.74, 6) is -1.04. The molecule has 15 nitrogen and oxygen atoms in total. The highest BCUT2D eigenvalue weighted by Gasteiger charge is 2.77. The van der Waals surface area contributed by atoms with Crippen molar-refractivity contribution in [3.8, 4) is 0 Å². The molecule has 6 fully saturated rings. The predicted octanol–water partition coefficient (Wildman–Crippen LogP) is 0.782. The molecule has 8 N–H and O–H groups in total. The van der Waals surface area contributed by atoms with Crippen molar-refractivity contribution in [3.63, 3.8) is 0 Å². The molecule has 0 radical (unpaired) electrons. The first kappa shape index (κ1) is 42.3. The van der Waals surface area contributed by atoms with Gasteiger partial charge in [-0.1, -0.05) is 32.0 Å². The Morgan fingerprint density at radius 2 is 1.55 bits per heavy atom. The highest BCUT2D eigenvalue weighted by atomic mass is 16.7. The van der Waals surface area contributed by atoms with Crippen LogP contribution in [0.2, 0.25) is 0 Å². The summed E-state index contributed by atoms with van der Waals surface area (Å²) in [7, 11) is 1.40. The third-order valence-electron chi connectivity index (χ3n) is 15.4. The van der Waals surface area contributed by atoms with Crippen molar-refractivity contribution >= 4 is 5.97 Å². The monoisotopic (exact) mass is 794 g/mol. The van der Waals surface area contributed by atoms with Gasteiger partial charge in [-0.2, -0.15) is 0 Å². The van der Waals surface area contributed by atoms with Gasteiger partial charge in [-0.3, -0.25) is 0 Å². The number of esters is 1. The van der Waals surface area contributed by atoms with Crippen LogP contribution in [0, 0.1) is 28.6 Å². The fraction of sp³-hybridized carbons (Fsp3) is 0.829. The lowest BCUT2D eigenvalue weighted by molar-refractivity contribution is -0.363.